The Morgan fingerprint density at radius 2 is 2.00 bits per heavy atom. The first-order chi connectivity index (χ1) is 12.5. The van der Waals surface area contributed by atoms with Crippen molar-refractivity contribution in [3.05, 3.63) is 53.8 Å². The quantitative estimate of drug-likeness (QED) is 0.881. The van der Waals surface area contributed by atoms with Crippen molar-refractivity contribution in [1.82, 2.24) is 0 Å². The molecule has 0 fully saturated rings. The second-order valence-electron chi connectivity index (χ2n) is 6.51. The van der Waals surface area contributed by atoms with Crippen LogP contribution >= 0.6 is 0 Å². The normalized spacial score (nSPS) is 16.0. The molecule has 5 nitrogen and oxygen atoms in total. The molecule has 0 saturated carbocycles. The van der Waals surface area contributed by atoms with E-state index >= 15 is 0 Å². The zero-order valence-corrected chi connectivity index (χ0v) is 14.9. The largest absolute Gasteiger partial charge is 0.376 e. The summed E-state index contributed by atoms with van der Waals surface area (Å²) >= 11 is 0. The smallest absolute Gasteiger partial charge is 0.246 e. The standard InChI is InChI=1S/C20H22FN3O2/c1-13-7-8-15-5-3-4-6-19(15)24(13)20(26)12-22-16-9-10-17(21)18(11-16)23-14(2)25/h3-6,9-11,13,22H,7-8,12H2,1-2H3,(H,23,25)/t13-/m0/s1. The highest BCUT2D eigenvalue weighted by atomic mass is 19.1. The van der Waals surface area contributed by atoms with Crippen LogP contribution in [0.3, 0.4) is 0 Å². The minimum absolute atomic E-state index is 0.0462. The molecule has 0 saturated heterocycles. The number of hydrogen-bond acceptors (Lipinski definition) is 3. The highest BCUT2D eigenvalue weighted by molar-refractivity contribution is 5.98. The van der Waals surface area contributed by atoms with Crippen molar-refractivity contribution in [3.63, 3.8) is 0 Å². The summed E-state index contributed by atoms with van der Waals surface area (Å²) in [5.74, 6) is -0.915. The van der Waals surface area contributed by atoms with Crippen LogP contribution in [0.15, 0.2) is 42.5 Å². The number of benzene rings is 2. The fourth-order valence-corrected chi connectivity index (χ4v) is 3.25. The van der Waals surface area contributed by atoms with E-state index in [1.165, 1.54) is 24.6 Å². The van der Waals surface area contributed by atoms with E-state index in [0.717, 1.165) is 18.5 Å². The van der Waals surface area contributed by atoms with Crippen LogP contribution in [-0.4, -0.2) is 24.4 Å². The third kappa shape index (κ3) is 3.85. The van der Waals surface area contributed by atoms with E-state index in [-0.39, 0.29) is 30.1 Å². The summed E-state index contributed by atoms with van der Waals surface area (Å²) in [6, 6.07) is 12.4. The van der Waals surface area contributed by atoms with Gasteiger partial charge in [0.25, 0.3) is 0 Å². The van der Waals surface area contributed by atoms with Crippen LogP contribution < -0.4 is 15.5 Å². The lowest BCUT2D eigenvalue weighted by molar-refractivity contribution is -0.117. The van der Waals surface area contributed by atoms with Crippen molar-refractivity contribution in [1.29, 1.82) is 0 Å². The number of hydrogen-bond donors (Lipinski definition) is 2. The lowest BCUT2D eigenvalue weighted by Crippen LogP contribution is -2.44. The van der Waals surface area contributed by atoms with Crippen LogP contribution in [0.1, 0.15) is 25.8 Å². The van der Waals surface area contributed by atoms with Crippen LogP contribution in [0.25, 0.3) is 0 Å². The number of carbonyl (C=O) groups excluding carboxylic acids is 2. The summed E-state index contributed by atoms with van der Waals surface area (Å²) in [5.41, 5.74) is 2.79. The maximum Gasteiger partial charge on any atom is 0.246 e. The number of carbonyl (C=O) groups is 2. The minimum Gasteiger partial charge on any atom is -0.376 e. The summed E-state index contributed by atoms with van der Waals surface area (Å²) in [6.07, 6.45) is 1.89. The van der Waals surface area contributed by atoms with Crippen LogP contribution in [-0.2, 0) is 16.0 Å². The summed E-state index contributed by atoms with van der Waals surface area (Å²) in [7, 11) is 0. The van der Waals surface area contributed by atoms with Gasteiger partial charge in [0.1, 0.15) is 5.82 Å². The number of nitrogens with one attached hydrogen (secondary N) is 2. The Morgan fingerprint density at radius 3 is 2.77 bits per heavy atom. The van der Waals surface area contributed by atoms with Gasteiger partial charge in [-0.25, -0.2) is 4.39 Å². The highest BCUT2D eigenvalue weighted by Gasteiger charge is 2.27. The zero-order chi connectivity index (χ0) is 18.7. The van der Waals surface area contributed by atoms with E-state index in [2.05, 4.69) is 16.7 Å². The number of amides is 2. The van der Waals surface area contributed by atoms with Crippen molar-refractivity contribution in [2.24, 2.45) is 0 Å². The third-order valence-electron chi connectivity index (χ3n) is 4.51. The molecule has 2 N–H and O–H groups in total. The Bertz CT molecular complexity index is 838. The molecule has 136 valence electrons. The molecular weight excluding hydrogens is 333 g/mol. The predicted molar refractivity (Wildman–Crippen MR) is 101 cm³/mol. The number of nitrogens with zero attached hydrogens (tertiary/aromatic N) is 1. The van der Waals surface area contributed by atoms with Crippen molar-refractivity contribution in [3.8, 4) is 0 Å². The molecule has 2 aromatic rings. The second kappa shape index (κ2) is 7.56. The lowest BCUT2D eigenvalue weighted by atomic mass is 9.96. The highest BCUT2D eigenvalue weighted by Crippen LogP contribution is 2.30. The topological polar surface area (TPSA) is 61.4 Å². The van der Waals surface area contributed by atoms with Crippen molar-refractivity contribution >= 4 is 28.9 Å². The van der Waals surface area contributed by atoms with Crippen LogP contribution in [0, 0.1) is 5.82 Å². The first-order valence-electron chi connectivity index (χ1n) is 8.66. The van der Waals surface area contributed by atoms with E-state index in [4.69, 9.17) is 0 Å². The maximum atomic E-state index is 13.7. The Labute approximate surface area is 152 Å². The molecular formula is C20H22FN3O2. The van der Waals surface area contributed by atoms with E-state index < -0.39 is 5.82 Å². The molecule has 1 atom stereocenters. The minimum atomic E-state index is -0.518. The van der Waals surface area contributed by atoms with Gasteiger partial charge in [0, 0.05) is 24.3 Å². The number of anilines is 3. The van der Waals surface area contributed by atoms with E-state index in [0.29, 0.717) is 5.69 Å². The molecule has 6 heteroatoms. The molecule has 1 aliphatic heterocycles. The molecule has 0 unspecified atom stereocenters. The molecule has 1 heterocycles. The van der Waals surface area contributed by atoms with Crippen LogP contribution in [0.5, 0.6) is 0 Å². The van der Waals surface area contributed by atoms with Gasteiger partial charge in [-0.05, 0) is 49.6 Å². The number of aryl methyl sites for hydroxylation is 1. The third-order valence-corrected chi connectivity index (χ3v) is 4.51. The van der Waals surface area contributed by atoms with Gasteiger partial charge in [0.05, 0.1) is 12.2 Å². The number of rotatable bonds is 4. The maximum absolute atomic E-state index is 13.7. The van der Waals surface area contributed by atoms with Gasteiger partial charge in [-0.3, -0.25) is 9.59 Å². The van der Waals surface area contributed by atoms with Gasteiger partial charge in [-0.2, -0.15) is 0 Å². The van der Waals surface area contributed by atoms with Crippen molar-refractivity contribution < 1.29 is 14.0 Å². The average Bonchev–Trinajstić information content (AvgIpc) is 2.61. The molecule has 0 aliphatic carbocycles. The predicted octanol–water partition coefficient (Wildman–Crippen LogP) is 3.56. The van der Waals surface area contributed by atoms with Crippen molar-refractivity contribution in [2.45, 2.75) is 32.7 Å². The summed E-state index contributed by atoms with van der Waals surface area (Å²) < 4.78 is 13.7. The number of para-hydroxylation sites is 1. The number of fused-ring (bicyclic) bond motifs is 1. The zero-order valence-electron chi connectivity index (χ0n) is 14.9. The Balaban J connectivity index is 1.72. The van der Waals surface area contributed by atoms with Crippen LogP contribution in [0.4, 0.5) is 21.5 Å². The molecule has 0 spiro atoms. The van der Waals surface area contributed by atoms with Gasteiger partial charge < -0.3 is 15.5 Å². The molecule has 1 aliphatic rings. The van der Waals surface area contributed by atoms with Gasteiger partial charge in [0.2, 0.25) is 11.8 Å². The molecule has 2 amide bonds. The lowest BCUT2D eigenvalue weighted by Gasteiger charge is -2.35. The fourth-order valence-electron chi connectivity index (χ4n) is 3.25. The number of halogens is 1. The molecule has 2 aromatic carbocycles. The van der Waals surface area contributed by atoms with Gasteiger partial charge in [-0.15, -0.1) is 0 Å². The first kappa shape index (κ1) is 17.9. The van der Waals surface area contributed by atoms with E-state index in [9.17, 15) is 14.0 Å². The summed E-state index contributed by atoms with van der Waals surface area (Å²) in [4.78, 5) is 25.8. The Morgan fingerprint density at radius 1 is 1.23 bits per heavy atom. The van der Waals surface area contributed by atoms with Gasteiger partial charge in [0.15, 0.2) is 0 Å². The van der Waals surface area contributed by atoms with Crippen LogP contribution in [0.2, 0.25) is 0 Å². The Hall–Kier alpha value is -2.89. The monoisotopic (exact) mass is 355 g/mol. The molecule has 26 heavy (non-hydrogen) atoms. The molecule has 0 aromatic heterocycles. The fraction of sp³-hybridized carbons (Fsp3) is 0.300. The van der Waals surface area contributed by atoms with Gasteiger partial charge in [-0.1, -0.05) is 18.2 Å². The molecule has 0 bridgehead atoms. The second-order valence-corrected chi connectivity index (χ2v) is 6.51. The van der Waals surface area contributed by atoms with Crippen molar-refractivity contribution in [2.75, 3.05) is 22.1 Å². The van der Waals surface area contributed by atoms with Gasteiger partial charge >= 0.3 is 0 Å². The summed E-state index contributed by atoms with van der Waals surface area (Å²) in [6.45, 7) is 3.45. The molecule has 3 rings (SSSR count). The first-order valence-corrected chi connectivity index (χ1v) is 8.66. The van der Waals surface area contributed by atoms with E-state index in [1.54, 1.807) is 6.07 Å². The van der Waals surface area contributed by atoms with E-state index in [1.807, 2.05) is 30.0 Å². The Kier molecular flexibility index (Phi) is 5.21. The SMILES string of the molecule is CC(=O)Nc1cc(NCC(=O)N2c3ccccc3CC[C@@H]2C)ccc1F. The average molecular weight is 355 g/mol. The molecule has 0 radical (unpaired) electrons. The summed E-state index contributed by atoms with van der Waals surface area (Å²) in [5, 5.41) is 5.46.